The van der Waals surface area contributed by atoms with E-state index in [0.717, 1.165) is 0 Å². The molecule has 0 spiro atoms. The van der Waals surface area contributed by atoms with Crippen LogP contribution in [0.4, 0.5) is 0 Å². The molecular weight excluding hydrogens is 204 g/mol. The Morgan fingerprint density at radius 1 is 1.29 bits per heavy atom. The van der Waals surface area contributed by atoms with Gasteiger partial charge in [0.1, 0.15) is 0 Å². The Bertz CT molecular complexity index is 334. The van der Waals surface area contributed by atoms with Crippen LogP contribution in [0.3, 0.4) is 0 Å². The Morgan fingerprint density at radius 3 is 2.36 bits per heavy atom. The van der Waals surface area contributed by atoms with E-state index in [0.29, 0.717) is 5.56 Å². The summed E-state index contributed by atoms with van der Waals surface area (Å²) in [5.74, 6) is -0.989. The molecule has 0 bridgehead atoms. The summed E-state index contributed by atoms with van der Waals surface area (Å²) in [6, 6.07) is 8.43. The van der Waals surface area contributed by atoms with Gasteiger partial charge in [0.05, 0.1) is 0 Å². The fourth-order valence-electron chi connectivity index (χ4n) is 0.933. The summed E-state index contributed by atoms with van der Waals surface area (Å²) in [5.41, 5.74) is -0.816. The van der Waals surface area contributed by atoms with E-state index in [1.54, 1.807) is 30.3 Å². The van der Waals surface area contributed by atoms with Crippen molar-refractivity contribution < 1.29 is 14.3 Å². The Balaban J connectivity index is 2.71. The van der Waals surface area contributed by atoms with Crippen LogP contribution in [0.1, 0.15) is 17.3 Å². The van der Waals surface area contributed by atoms with E-state index in [1.807, 2.05) is 0 Å². The summed E-state index contributed by atoms with van der Waals surface area (Å²) in [7, 11) is 0. The predicted molar refractivity (Wildman–Crippen MR) is 52.2 cm³/mol. The van der Waals surface area contributed by atoms with Crippen LogP contribution < -0.4 is 0 Å². The normalized spacial score (nSPS) is 11.9. The average molecular weight is 213 g/mol. The van der Waals surface area contributed by atoms with Crippen molar-refractivity contribution in [2.24, 2.45) is 0 Å². The third-order valence-electron chi connectivity index (χ3n) is 1.53. The maximum Gasteiger partial charge on any atom is 0.304 e. The number of rotatable bonds is 3. The van der Waals surface area contributed by atoms with Crippen LogP contribution in [-0.2, 0) is 9.53 Å². The van der Waals surface area contributed by atoms with Gasteiger partial charge in [0.2, 0.25) is 11.3 Å². The van der Waals surface area contributed by atoms with Crippen molar-refractivity contribution in [1.82, 2.24) is 0 Å². The lowest BCUT2D eigenvalue weighted by molar-refractivity contribution is -0.141. The Labute approximate surface area is 86.6 Å². The van der Waals surface area contributed by atoms with Gasteiger partial charge in [0.25, 0.3) is 0 Å². The number of hydrogen-bond donors (Lipinski definition) is 0. The van der Waals surface area contributed by atoms with Crippen molar-refractivity contribution >= 4 is 23.4 Å². The fourth-order valence-corrected chi connectivity index (χ4v) is 1.18. The van der Waals surface area contributed by atoms with Crippen molar-refractivity contribution in [2.75, 3.05) is 0 Å². The quantitative estimate of drug-likeness (QED) is 0.437. The summed E-state index contributed by atoms with van der Waals surface area (Å²) in [5, 5.41) is 0. The van der Waals surface area contributed by atoms with Crippen LogP contribution in [-0.4, -0.2) is 17.3 Å². The fraction of sp³-hybridized carbons (Fsp3) is 0.200. The summed E-state index contributed by atoms with van der Waals surface area (Å²) in [4.78, 5) is 22.0. The maximum atomic E-state index is 11.5. The molecule has 0 saturated heterocycles. The number of benzene rings is 1. The average Bonchev–Trinajstić information content (AvgIpc) is 2.17. The van der Waals surface area contributed by atoms with E-state index in [1.165, 1.54) is 6.92 Å². The smallest absolute Gasteiger partial charge is 0.304 e. The van der Waals surface area contributed by atoms with Crippen LogP contribution in [0.25, 0.3) is 0 Å². The molecule has 0 amide bonds. The van der Waals surface area contributed by atoms with Crippen LogP contribution in [0.5, 0.6) is 0 Å². The first-order valence-electron chi connectivity index (χ1n) is 4.02. The van der Waals surface area contributed by atoms with E-state index >= 15 is 0 Å². The third kappa shape index (κ3) is 2.85. The van der Waals surface area contributed by atoms with Gasteiger partial charge in [-0.05, 0) is 0 Å². The largest absolute Gasteiger partial charge is 0.438 e. The Hall–Kier alpha value is -1.35. The number of alkyl halides is 1. The molecule has 1 aromatic carbocycles. The van der Waals surface area contributed by atoms with Gasteiger partial charge in [-0.15, -0.1) is 0 Å². The lowest BCUT2D eigenvalue weighted by Gasteiger charge is -2.07. The highest BCUT2D eigenvalue weighted by atomic mass is 35.5. The topological polar surface area (TPSA) is 43.4 Å². The van der Waals surface area contributed by atoms with E-state index in [9.17, 15) is 9.59 Å². The molecule has 1 rings (SSSR count). The number of halogens is 1. The zero-order valence-electron chi connectivity index (χ0n) is 7.57. The highest BCUT2D eigenvalue weighted by Gasteiger charge is 2.19. The molecular formula is C10H9ClO3. The van der Waals surface area contributed by atoms with Crippen LogP contribution >= 0.6 is 11.6 Å². The van der Waals surface area contributed by atoms with Crippen molar-refractivity contribution in [1.29, 1.82) is 0 Å². The van der Waals surface area contributed by atoms with Gasteiger partial charge in [-0.1, -0.05) is 41.9 Å². The first-order valence-corrected chi connectivity index (χ1v) is 4.45. The summed E-state index contributed by atoms with van der Waals surface area (Å²) < 4.78 is 4.54. The monoisotopic (exact) mass is 212 g/mol. The highest BCUT2D eigenvalue weighted by molar-refractivity contribution is 6.33. The van der Waals surface area contributed by atoms with Gasteiger partial charge in [-0.3, -0.25) is 9.59 Å². The second-order valence-corrected chi connectivity index (χ2v) is 3.05. The molecule has 74 valence electrons. The molecule has 0 N–H and O–H groups in total. The van der Waals surface area contributed by atoms with Gasteiger partial charge >= 0.3 is 5.97 Å². The first kappa shape index (κ1) is 10.7. The maximum absolute atomic E-state index is 11.5. The molecule has 4 heteroatoms. The number of carbonyl (C=O) groups is 2. The van der Waals surface area contributed by atoms with Gasteiger partial charge < -0.3 is 4.74 Å². The Kier molecular flexibility index (Phi) is 3.65. The first-order chi connectivity index (χ1) is 6.61. The Morgan fingerprint density at radius 2 is 1.86 bits per heavy atom. The molecule has 0 fully saturated rings. The lowest BCUT2D eigenvalue weighted by atomic mass is 10.1. The number of ketones is 1. The number of ether oxygens (including phenoxy) is 1. The summed E-state index contributed by atoms with van der Waals surface area (Å²) >= 11 is 5.57. The van der Waals surface area contributed by atoms with Crippen molar-refractivity contribution in [3.8, 4) is 0 Å². The van der Waals surface area contributed by atoms with Crippen molar-refractivity contribution in [3.05, 3.63) is 35.9 Å². The number of Topliss-reactive ketones (excluding diaryl/α,β-unsaturated/α-hetero) is 1. The number of hydrogen-bond acceptors (Lipinski definition) is 3. The highest BCUT2D eigenvalue weighted by Crippen LogP contribution is 2.09. The zero-order valence-corrected chi connectivity index (χ0v) is 8.32. The zero-order chi connectivity index (χ0) is 10.6. The van der Waals surface area contributed by atoms with Crippen LogP contribution in [0.2, 0.25) is 0 Å². The number of esters is 1. The second kappa shape index (κ2) is 4.77. The molecule has 14 heavy (non-hydrogen) atoms. The van der Waals surface area contributed by atoms with Gasteiger partial charge in [0, 0.05) is 12.5 Å². The van der Waals surface area contributed by atoms with Gasteiger partial charge in [-0.25, -0.2) is 0 Å². The van der Waals surface area contributed by atoms with Crippen molar-refractivity contribution in [3.63, 3.8) is 0 Å². The molecule has 1 atom stereocenters. The van der Waals surface area contributed by atoms with Crippen LogP contribution in [0, 0.1) is 0 Å². The second-order valence-electron chi connectivity index (χ2n) is 2.66. The number of carbonyl (C=O) groups excluding carboxylic acids is 2. The molecule has 0 aromatic heterocycles. The van der Waals surface area contributed by atoms with E-state index in [-0.39, 0.29) is 0 Å². The molecule has 0 aliphatic heterocycles. The van der Waals surface area contributed by atoms with E-state index < -0.39 is 17.3 Å². The standard InChI is InChI=1S/C10H9ClO3/c1-7(12)14-10(11)9(13)8-5-3-2-4-6-8/h2-6,10H,1H3. The minimum Gasteiger partial charge on any atom is -0.438 e. The van der Waals surface area contributed by atoms with Gasteiger partial charge in [-0.2, -0.15) is 0 Å². The predicted octanol–water partition coefficient (Wildman–Crippen LogP) is 2.00. The minimum atomic E-state index is -1.24. The van der Waals surface area contributed by atoms with Crippen LogP contribution in [0.15, 0.2) is 30.3 Å². The lowest BCUT2D eigenvalue weighted by Crippen LogP contribution is -2.20. The molecule has 1 unspecified atom stereocenters. The third-order valence-corrected chi connectivity index (χ3v) is 1.82. The SMILES string of the molecule is CC(=O)OC(Cl)C(=O)c1ccccc1. The van der Waals surface area contributed by atoms with Crippen molar-refractivity contribution in [2.45, 2.75) is 12.5 Å². The van der Waals surface area contributed by atoms with E-state index in [4.69, 9.17) is 11.6 Å². The molecule has 0 saturated carbocycles. The summed E-state index contributed by atoms with van der Waals surface area (Å²) in [6.45, 7) is 1.20. The molecule has 0 heterocycles. The molecule has 0 aliphatic rings. The molecule has 0 radical (unpaired) electrons. The van der Waals surface area contributed by atoms with Gasteiger partial charge in [0.15, 0.2) is 0 Å². The molecule has 0 aliphatic carbocycles. The molecule has 1 aromatic rings. The minimum absolute atomic E-state index is 0.414. The molecule has 3 nitrogen and oxygen atoms in total. The van der Waals surface area contributed by atoms with E-state index in [2.05, 4.69) is 4.74 Å². The summed E-state index contributed by atoms with van der Waals surface area (Å²) in [6.07, 6.45) is 0.